The smallest absolute Gasteiger partial charge is 0.233 e. The van der Waals surface area contributed by atoms with Crippen molar-refractivity contribution in [2.24, 2.45) is 29.1 Å². The van der Waals surface area contributed by atoms with Crippen LogP contribution in [0.25, 0.3) is 0 Å². The molecule has 0 radical (unpaired) electrons. The van der Waals surface area contributed by atoms with Crippen molar-refractivity contribution in [3.8, 4) is 0 Å². The zero-order valence-corrected chi connectivity index (χ0v) is 24.6. The number of carbonyl (C=O) groups excluding carboxylic acids is 4. The van der Waals surface area contributed by atoms with Gasteiger partial charge in [-0.25, -0.2) is 0 Å². The van der Waals surface area contributed by atoms with Crippen LogP contribution in [0.4, 0.5) is 0 Å². The maximum absolute atomic E-state index is 13.8. The first-order chi connectivity index (χ1) is 17.4. The van der Waals surface area contributed by atoms with Crippen molar-refractivity contribution in [1.82, 2.24) is 9.80 Å². The first kappa shape index (κ1) is 29.8. The number of fused-ring (bicyclic) bond motifs is 2. The summed E-state index contributed by atoms with van der Waals surface area (Å²) in [4.78, 5) is 57.8. The van der Waals surface area contributed by atoms with Crippen LogP contribution in [-0.4, -0.2) is 45.0 Å². The second kappa shape index (κ2) is 12.0. The van der Waals surface area contributed by atoms with Crippen LogP contribution >= 0.6 is 0 Å². The third-order valence-electron chi connectivity index (χ3n) is 10.0. The van der Waals surface area contributed by atoms with Crippen LogP contribution in [0.15, 0.2) is 0 Å². The number of nitrogens with zero attached hydrogens (tertiary/aromatic N) is 2. The van der Waals surface area contributed by atoms with E-state index in [9.17, 15) is 19.2 Å². The van der Waals surface area contributed by atoms with E-state index in [1.165, 1.54) is 17.7 Å². The van der Waals surface area contributed by atoms with Crippen molar-refractivity contribution >= 4 is 23.6 Å². The van der Waals surface area contributed by atoms with E-state index in [1.54, 1.807) is 4.90 Å². The Labute approximate surface area is 225 Å². The summed E-state index contributed by atoms with van der Waals surface area (Å²) in [5, 5.41) is 0. The van der Waals surface area contributed by atoms with Crippen molar-refractivity contribution < 1.29 is 19.2 Å². The van der Waals surface area contributed by atoms with Gasteiger partial charge in [-0.15, -0.1) is 0 Å². The number of rotatable bonds is 10. The molecule has 3 aliphatic rings. The molecule has 0 spiro atoms. The molecule has 37 heavy (non-hydrogen) atoms. The summed E-state index contributed by atoms with van der Waals surface area (Å²) >= 11 is 0. The highest BCUT2D eigenvalue weighted by molar-refractivity contribution is 6.07. The maximum Gasteiger partial charge on any atom is 0.233 e. The second-order valence-corrected chi connectivity index (χ2v) is 13.4. The van der Waals surface area contributed by atoms with Gasteiger partial charge in [0.2, 0.25) is 23.6 Å². The lowest BCUT2D eigenvalue weighted by Crippen LogP contribution is -2.55. The Hall–Kier alpha value is -1.72. The van der Waals surface area contributed by atoms with Crippen LogP contribution < -0.4 is 0 Å². The predicted molar refractivity (Wildman–Crippen MR) is 146 cm³/mol. The van der Waals surface area contributed by atoms with Crippen LogP contribution in [0.1, 0.15) is 132 Å². The van der Waals surface area contributed by atoms with Crippen molar-refractivity contribution in [3.05, 3.63) is 0 Å². The minimum atomic E-state index is -0.596. The van der Waals surface area contributed by atoms with Crippen LogP contribution in [0.5, 0.6) is 0 Å². The molecule has 1 saturated carbocycles. The van der Waals surface area contributed by atoms with Gasteiger partial charge >= 0.3 is 0 Å². The normalized spacial score (nSPS) is 28.2. The SMILES string of the molecule is CCCCCCC(CCCC)N1C(=O)C2CCCC3C(=O)N(C(C)(C)C(C)(C)C)C(=O)C3CCC2C1=O. The lowest BCUT2D eigenvalue weighted by molar-refractivity contribution is -0.151. The Balaban J connectivity index is 1.79. The van der Waals surface area contributed by atoms with Crippen molar-refractivity contribution in [1.29, 1.82) is 0 Å². The summed E-state index contributed by atoms with van der Waals surface area (Å²) in [5.41, 5.74) is -0.847. The molecule has 6 nitrogen and oxygen atoms in total. The average molecular weight is 517 g/mol. The molecule has 0 bridgehead atoms. The number of carbonyl (C=O) groups is 4. The lowest BCUT2D eigenvalue weighted by atomic mass is 9.75. The molecule has 1 aliphatic carbocycles. The highest BCUT2D eigenvalue weighted by Crippen LogP contribution is 2.46. The van der Waals surface area contributed by atoms with Gasteiger partial charge in [-0.3, -0.25) is 29.0 Å². The standard InChI is InChI=1S/C31H52N2O4/c1-8-10-12-13-16-21(15-11-9-2)32-26(34)22-17-14-18-23-25(20-19-24(22)27(32)35)29(37)33(28(23)36)31(6,7)30(3,4)5/h21-25H,8-20H2,1-7H3. The number of unbranched alkanes of at least 4 members (excludes halogenated alkanes) is 4. The molecule has 0 aromatic carbocycles. The van der Waals surface area contributed by atoms with E-state index < -0.39 is 5.54 Å². The van der Waals surface area contributed by atoms with E-state index in [2.05, 4.69) is 34.6 Å². The van der Waals surface area contributed by atoms with E-state index in [0.29, 0.717) is 32.1 Å². The fraction of sp³-hybridized carbons (Fsp3) is 0.871. The van der Waals surface area contributed by atoms with Crippen molar-refractivity contribution in [2.75, 3.05) is 0 Å². The third-order valence-corrected chi connectivity index (χ3v) is 10.0. The van der Waals surface area contributed by atoms with Crippen LogP contribution in [0.3, 0.4) is 0 Å². The predicted octanol–water partition coefficient (Wildman–Crippen LogP) is 6.51. The molecular formula is C31H52N2O4. The highest BCUT2D eigenvalue weighted by Gasteiger charge is 2.57. The molecule has 0 aromatic rings. The van der Waals surface area contributed by atoms with Gasteiger partial charge in [0.1, 0.15) is 0 Å². The first-order valence-electron chi connectivity index (χ1n) is 15.1. The largest absolute Gasteiger partial charge is 0.279 e. The molecule has 2 aliphatic heterocycles. The molecule has 3 fully saturated rings. The second-order valence-electron chi connectivity index (χ2n) is 13.4. The number of hydrogen-bond donors (Lipinski definition) is 0. The molecule has 2 heterocycles. The molecule has 2 saturated heterocycles. The molecule has 5 unspecified atom stereocenters. The first-order valence-corrected chi connectivity index (χ1v) is 15.1. The Morgan fingerprint density at radius 2 is 1.11 bits per heavy atom. The van der Waals surface area contributed by atoms with E-state index in [1.807, 2.05) is 13.8 Å². The summed E-state index contributed by atoms with van der Waals surface area (Å²) in [7, 11) is 0. The minimum absolute atomic E-state index is 0.00207. The average Bonchev–Trinajstić information content (AvgIpc) is 3.23. The van der Waals surface area contributed by atoms with Crippen LogP contribution in [0.2, 0.25) is 0 Å². The summed E-state index contributed by atoms with van der Waals surface area (Å²) in [5.74, 6) is -1.51. The quantitative estimate of drug-likeness (QED) is 0.245. The van der Waals surface area contributed by atoms with Crippen LogP contribution in [0, 0.1) is 29.1 Å². The summed E-state index contributed by atoms with van der Waals surface area (Å²) in [6.07, 6.45) is 11.4. The van der Waals surface area contributed by atoms with Gasteiger partial charge in [-0.1, -0.05) is 79.6 Å². The van der Waals surface area contributed by atoms with Crippen LogP contribution in [-0.2, 0) is 19.2 Å². The monoisotopic (exact) mass is 516 g/mol. The molecular weight excluding hydrogens is 464 g/mol. The Kier molecular flexibility index (Phi) is 9.66. The van der Waals surface area contributed by atoms with E-state index in [4.69, 9.17) is 0 Å². The lowest BCUT2D eigenvalue weighted by Gasteiger charge is -2.45. The maximum atomic E-state index is 13.8. The Morgan fingerprint density at radius 3 is 1.62 bits per heavy atom. The zero-order valence-electron chi connectivity index (χ0n) is 24.6. The summed E-state index contributed by atoms with van der Waals surface area (Å²) in [6.45, 7) is 14.5. The molecule has 3 rings (SSSR count). The van der Waals surface area contributed by atoms with Gasteiger partial charge in [-0.2, -0.15) is 0 Å². The molecule has 4 amide bonds. The van der Waals surface area contributed by atoms with E-state index >= 15 is 0 Å². The topological polar surface area (TPSA) is 74.8 Å². The molecule has 5 atom stereocenters. The fourth-order valence-electron chi connectivity index (χ4n) is 6.71. The van der Waals surface area contributed by atoms with Crippen molar-refractivity contribution in [2.45, 2.75) is 144 Å². The zero-order chi connectivity index (χ0) is 27.5. The van der Waals surface area contributed by atoms with E-state index in [0.717, 1.165) is 38.5 Å². The van der Waals surface area contributed by atoms with Gasteiger partial charge in [0.15, 0.2) is 0 Å². The van der Waals surface area contributed by atoms with Gasteiger partial charge in [0.25, 0.3) is 0 Å². The highest BCUT2D eigenvalue weighted by atomic mass is 16.2. The molecule has 6 heteroatoms. The molecule has 0 N–H and O–H groups in total. The third kappa shape index (κ3) is 5.83. The minimum Gasteiger partial charge on any atom is -0.279 e. The number of imide groups is 2. The van der Waals surface area contributed by atoms with E-state index in [-0.39, 0.29) is 58.8 Å². The van der Waals surface area contributed by atoms with Gasteiger partial charge in [0.05, 0.1) is 23.7 Å². The van der Waals surface area contributed by atoms with Gasteiger partial charge < -0.3 is 0 Å². The Bertz CT molecular complexity index is 858. The molecule has 0 aromatic heterocycles. The molecule has 210 valence electrons. The number of likely N-dealkylation sites (tertiary alicyclic amines) is 2. The summed E-state index contributed by atoms with van der Waals surface area (Å²) in [6, 6.07) is -0.00207. The van der Waals surface area contributed by atoms with Gasteiger partial charge in [0, 0.05) is 11.6 Å². The summed E-state index contributed by atoms with van der Waals surface area (Å²) < 4.78 is 0. The number of amides is 4. The Morgan fingerprint density at radius 1 is 0.649 bits per heavy atom. The fourth-order valence-corrected chi connectivity index (χ4v) is 6.71. The number of hydrogen-bond acceptors (Lipinski definition) is 4. The van der Waals surface area contributed by atoms with Crippen molar-refractivity contribution in [3.63, 3.8) is 0 Å². The van der Waals surface area contributed by atoms with Gasteiger partial charge in [-0.05, 0) is 57.8 Å².